The number of aryl methyl sites for hydroxylation is 2. The molecule has 5 nitrogen and oxygen atoms in total. The van der Waals surface area contributed by atoms with Crippen LogP contribution in [0.1, 0.15) is 40.0 Å². The lowest BCUT2D eigenvalue weighted by Crippen LogP contribution is -2.35. The molecule has 0 aliphatic heterocycles. The zero-order valence-electron chi connectivity index (χ0n) is 18.9. The molecule has 33 heavy (non-hydrogen) atoms. The number of benzene rings is 2. The van der Waals surface area contributed by atoms with Crippen LogP contribution in [0, 0.1) is 25.6 Å². The Labute approximate surface area is 192 Å². The van der Waals surface area contributed by atoms with Gasteiger partial charge in [-0.2, -0.15) is 0 Å². The normalized spacial score (nSPS) is 13.4. The van der Waals surface area contributed by atoms with Crippen LogP contribution in [0.2, 0.25) is 0 Å². The number of hydrogen-bond acceptors (Lipinski definition) is 3. The number of halogens is 1. The Kier molecular flexibility index (Phi) is 5.67. The van der Waals surface area contributed by atoms with E-state index in [1.54, 1.807) is 24.5 Å². The summed E-state index contributed by atoms with van der Waals surface area (Å²) in [6, 6.07) is 10.8. The van der Waals surface area contributed by atoms with Crippen molar-refractivity contribution < 1.29 is 9.18 Å². The number of nitrogens with zero attached hydrogens (tertiary/aromatic N) is 3. The van der Waals surface area contributed by atoms with E-state index in [2.05, 4.69) is 34.9 Å². The minimum Gasteiger partial charge on any atom is -0.361 e. The van der Waals surface area contributed by atoms with E-state index in [1.807, 2.05) is 23.2 Å². The molecule has 0 radical (unpaired) electrons. The van der Waals surface area contributed by atoms with Crippen molar-refractivity contribution >= 4 is 16.8 Å². The van der Waals surface area contributed by atoms with Gasteiger partial charge in [-0.1, -0.05) is 12.1 Å². The second kappa shape index (κ2) is 8.77. The number of carbonyl (C=O) groups is 1. The van der Waals surface area contributed by atoms with Crippen molar-refractivity contribution in [3.63, 3.8) is 0 Å². The molecule has 1 fully saturated rings. The lowest BCUT2D eigenvalue weighted by Gasteiger charge is -2.23. The van der Waals surface area contributed by atoms with Crippen molar-refractivity contribution in [2.45, 2.75) is 33.1 Å². The van der Waals surface area contributed by atoms with Crippen molar-refractivity contribution in [1.29, 1.82) is 0 Å². The summed E-state index contributed by atoms with van der Waals surface area (Å²) in [4.78, 5) is 27.8. The van der Waals surface area contributed by atoms with Crippen LogP contribution in [-0.4, -0.2) is 38.8 Å². The Balaban J connectivity index is 1.43. The summed E-state index contributed by atoms with van der Waals surface area (Å²) in [6.07, 6.45) is 8.05. The van der Waals surface area contributed by atoms with Crippen LogP contribution in [0.3, 0.4) is 0 Å². The summed E-state index contributed by atoms with van der Waals surface area (Å²) < 4.78 is 13.8. The summed E-state index contributed by atoms with van der Waals surface area (Å²) in [6.45, 7) is 5.37. The molecule has 168 valence electrons. The average molecular weight is 443 g/mol. The van der Waals surface area contributed by atoms with Crippen LogP contribution < -0.4 is 0 Å². The van der Waals surface area contributed by atoms with Crippen LogP contribution in [0.4, 0.5) is 4.39 Å². The highest BCUT2D eigenvalue weighted by Crippen LogP contribution is 2.31. The number of H-pyrrole nitrogens is 1. The van der Waals surface area contributed by atoms with Crippen molar-refractivity contribution in [2.75, 3.05) is 13.1 Å². The molecule has 1 amide bonds. The summed E-state index contributed by atoms with van der Waals surface area (Å²) in [5.74, 6) is 0.178. The Hall–Kier alpha value is -3.54. The highest BCUT2D eigenvalue weighted by molar-refractivity contribution is 5.98. The fourth-order valence-electron chi connectivity index (χ4n) is 4.24. The molecule has 0 saturated heterocycles. The minimum absolute atomic E-state index is 0.103. The average Bonchev–Trinajstić information content (AvgIpc) is 3.56. The van der Waals surface area contributed by atoms with E-state index in [1.165, 1.54) is 11.6 Å². The van der Waals surface area contributed by atoms with Gasteiger partial charge in [-0.05, 0) is 80.0 Å². The molecule has 2 heterocycles. The van der Waals surface area contributed by atoms with Crippen molar-refractivity contribution in [3.8, 4) is 11.3 Å². The third kappa shape index (κ3) is 4.51. The fourth-order valence-corrected chi connectivity index (χ4v) is 4.24. The van der Waals surface area contributed by atoms with Gasteiger partial charge in [0.25, 0.3) is 5.91 Å². The maximum absolute atomic E-state index is 13.8. The van der Waals surface area contributed by atoms with Gasteiger partial charge in [0.05, 0.1) is 0 Å². The van der Waals surface area contributed by atoms with E-state index in [9.17, 15) is 9.18 Å². The molecule has 2 aromatic heterocycles. The van der Waals surface area contributed by atoms with E-state index in [0.29, 0.717) is 36.8 Å². The molecule has 2 aromatic carbocycles. The molecule has 0 atom stereocenters. The van der Waals surface area contributed by atoms with Crippen LogP contribution in [-0.2, 0) is 6.42 Å². The zero-order valence-corrected chi connectivity index (χ0v) is 18.9. The molecule has 1 saturated carbocycles. The monoisotopic (exact) mass is 442 g/mol. The molecule has 1 aliphatic rings. The van der Waals surface area contributed by atoms with Crippen molar-refractivity contribution in [2.24, 2.45) is 5.92 Å². The molecule has 0 bridgehead atoms. The van der Waals surface area contributed by atoms with Crippen LogP contribution in [0.25, 0.3) is 22.2 Å². The number of hydrogen-bond donors (Lipinski definition) is 1. The van der Waals surface area contributed by atoms with Gasteiger partial charge in [0.1, 0.15) is 11.5 Å². The highest BCUT2D eigenvalue weighted by atomic mass is 19.1. The van der Waals surface area contributed by atoms with Gasteiger partial charge in [0.2, 0.25) is 0 Å². The Bertz CT molecular complexity index is 1320. The molecule has 0 spiro atoms. The molecule has 4 aromatic rings. The van der Waals surface area contributed by atoms with Gasteiger partial charge in [-0.15, -0.1) is 0 Å². The number of nitrogens with one attached hydrogen (secondary N) is 1. The molecular weight excluding hydrogens is 415 g/mol. The summed E-state index contributed by atoms with van der Waals surface area (Å²) in [7, 11) is 0. The zero-order chi connectivity index (χ0) is 22.9. The number of carbonyl (C=O) groups excluding carboxylic acids is 1. The second-order valence-corrected chi connectivity index (χ2v) is 9.00. The minimum atomic E-state index is -0.258. The fraction of sp³-hybridized carbons (Fsp3) is 0.296. The lowest BCUT2D eigenvalue weighted by molar-refractivity contribution is 0.0744. The molecular formula is C27H27FN4O. The van der Waals surface area contributed by atoms with Gasteiger partial charge in [0, 0.05) is 48.1 Å². The van der Waals surface area contributed by atoms with Crippen LogP contribution >= 0.6 is 0 Å². The first-order valence-corrected chi connectivity index (χ1v) is 11.4. The van der Waals surface area contributed by atoms with Crippen molar-refractivity contribution in [1.82, 2.24) is 19.9 Å². The number of aromatic amines is 1. The van der Waals surface area contributed by atoms with E-state index in [-0.39, 0.29) is 11.7 Å². The maximum Gasteiger partial charge on any atom is 0.274 e. The Morgan fingerprint density at radius 2 is 1.91 bits per heavy atom. The number of aromatic nitrogens is 3. The maximum atomic E-state index is 13.8. The second-order valence-electron chi connectivity index (χ2n) is 9.00. The molecule has 6 heteroatoms. The number of fused-ring (bicyclic) bond motifs is 1. The van der Waals surface area contributed by atoms with Gasteiger partial charge >= 0.3 is 0 Å². The van der Waals surface area contributed by atoms with Crippen LogP contribution in [0.5, 0.6) is 0 Å². The lowest BCUT2D eigenvalue weighted by atomic mass is 10.0. The topological polar surface area (TPSA) is 61.9 Å². The van der Waals surface area contributed by atoms with Gasteiger partial charge in [0.15, 0.2) is 5.69 Å². The van der Waals surface area contributed by atoms with Gasteiger partial charge in [-0.3, -0.25) is 9.78 Å². The summed E-state index contributed by atoms with van der Waals surface area (Å²) in [5, 5.41) is 0.865. The highest BCUT2D eigenvalue weighted by Gasteiger charge is 2.29. The summed E-state index contributed by atoms with van der Waals surface area (Å²) in [5.41, 5.74) is 6.14. The largest absolute Gasteiger partial charge is 0.361 e. The number of amides is 1. The first-order valence-electron chi connectivity index (χ1n) is 11.4. The van der Waals surface area contributed by atoms with E-state index < -0.39 is 0 Å². The Morgan fingerprint density at radius 1 is 1.09 bits per heavy atom. The van der Waals surface area contributed by atoms with Crippen molar-refractivity contribution in [3.05, 3.63) is 83.2 Å². The molecule has 1 aliphatic carbocycles. The molecule has 1 N–H and O–H groups in total. The summed E-state index contributed by atoms with van der Waals surface area (Å²) >= 11 is 0. The smallest absolute Gasteiger partial charge is 0.274 e. The van der Waals surface area contributed by atoms with Gasteiger partial charge < -0.3 is 9.88 Å². The first kappa shape index (κ1) is 21.3. The van der Waals surface area contributed by atoms with E-state index in [4.69, 9.17) is 0 Å². The predicted octanol–water partition coefficient (Wildman–Crippen LogP) is 5.48. The quantitative estimate of drug-likeness (QED) is 0.412. The van der Waals surface area contributed by atoms with E-state index >= 15 is 0 Å². The van der Waals surface area contributed by atoms with E-state index in [0.717, 1.165) is 40.4 Å². The predicted molar refractivity (Wildman–Crippen MR) is 128 cm³/mol. The standard InChI is InChI=1S/C27H27FN4O/c1-17-3-6-20(13-18(17)2)25-26(30-11-10-29-25)27(33)32(16-19-4-5-19)12-9-21-15-31-24-8-7-22(28)14-23(21)24/h3,6-8,10-11,13-15,19,31H,4-5,9,12,16H2,1-2H3. The third-order valence-electron chi connectivity index (χ3n) is 6.52. The molecule has 5 rings (SSSR count). The van der Waals surface area contributed by atoms with Crippen LogP contribution in [0.15, 0.2) is 55.0 Å². The van der Waals surface area contributed by atoms with Gasteiger partial charge in [-0.25, -0.2) is 9.37 Å². The molecule has 0 unspecified atom stereocenters. The number of rotatable bonds is 7. The third-order valence-corrected chi connectivity index (χ3v) is 6.52. The first-order chi connectivity index (χ1) is 16.0. The Morgan fingerprint density at radius 3 is 2.70 bits per heavy atom. The SMILES string of the molecule is Cc1ccc(-c2nccnc2C(=O)N(CCc2c[nH]c3ccc(F)cc23)CC2CC2)cc1C.